The van der Waals surface area contributed by atoms with Crippen LogP contribution < -0.4 is 0 Å². The zero-order chi connectivity index (χ0) is 8.55. The number of furan rings is 1. The van der Waals surface area contributed by atoms with Crippen molar-refractivity contribution in [3.8, 4) is 0 Å². The summed E-state index contributed by atoms with van der Waals surface area (Å²) in [4.78, 5) is 10.9. The molecule has 1 aromatic heterocycles. The highest BCUT2D eigenvalue weighted by atomic mass is 16.3. The molecule has 1 aromatic rings. The number of ketones is 1. The molecule has 0 atom stereocenters. The Hall–Kier alpha value is -1.05. The van der Waals surface area contributed by atoms with Gasteiger partial charge in [0.05, 0.1) is 0 Å². The fourth-order valence-corrected chi connectivity index (χ4v) is 1.45. The predicted octanol–water partition coefficient (Wildman–Crippen LogP) is 2.75. The Morgan fingerprint density at radius 2 is 2.25 bits per heavy atom. The average Bonchev–Trinajstić information content (AvgIpc) is 2.32. The maximum atomic E-state index is 10.9. The SMILES string of the molecule is CC(=O)c1ccc(C2CCC2)o1. The van der Waals surface area contributed by atoms with Crippen molar-refractivity contribution >= 4 is 5.78 Å². The minimum Gasteiger partial charge on any atom is -0.458 e. The molecule has 2 heteroatoms. The molecule has 0 saturated heterocycles. The Bertz CT molecular complexity index is 295. The van der Waals surface area contributed by atoms with E-state index in [0.717, 1.165) is 5.76 Å². The van der Waals surface area contributed by atoms with Crippen molar-refractivity contribution in [2.75, 3.05) is 0 Å². The molecule has 1 heterocycles. The molecule has 1 fully saturated rings. The predicted molar refractivity (Wildman–Crippen MR) is 45.3 cm³/mol. The fraction of sp³-hybridized carbons (Fsp3) is 0.500. The molecule has 64 valence electrons. The van der Waals surface area contributed by atoms with E-state index in [2.05, 4.69) is 0 Å². The van der Waals surface area contributed by atoms with Crippen LogP contribution in [0.2, 0.25) is 0 Å². The van der Waals surface area contributed by atoms with Gasteiger partial charge in [0.15, 0.2) is 11.5 Å². The van der Waals surface area contributed by atoms with E-state index >= 15 is 0 Å². The topological polar surface area (TPSA) is 30.2 Å². The Kier molecular flexibility index (Phi) is 1.75. The Morgan fingerprint density at radius 3 is 2.67 bits per heavy atom. The van der Waals surface area contributed by atoms with E-state index in [9.17, 15) is 4.79 Å². The third-order valence-electron chi connectivity index (χ3n) is 2.48. The van der Waals surface area contributed by atoms with E-state index in [1.54, 1.807) is 6.07 Å². The molecule has 2 rings (SSSR count). The average molecular weight is 164 g/mol. The number of hydrogen-bond donors (Lipinski definition) is 0. The zero-order valence-corrected chi connectivity index (χ0v) is 7.17. The summed E-state index contributed by atoms with van der Waals surface area (Å²) in [6.07, 6.45) is 3.72. The molecule has 0 amide bonds. The molecular formula is C10H12O2. The highest BCUT2D eigenvalue weighted by Crippen LogP contribution is 2.36. The highest BCUT2D eigenvalue weighted by molar-refractivity contribution is 5.91. The van der Waals surface area contributed by atoms with Gasteiger partial charge in [0, 0.05) is 12.8 Å². The van der Waals surface area contributed by atoms with Crippen LogP contribution in [0, 0.1) is 0 Å². The number of carbonyl (C=O) groups is 1. The van der Waals surface area contributed by atoms with Crippen molar-refractivity contribution in [1.82, 2.24) is 0 Å². The van der Waals surface area contributed by atoms with Crippen LogP contribution in [0.5, 0.6) is 0 Å². The molecule has 1 aliphatic rings. The summed E-state index contributed by atoms with van der Waals surface area (Å²) in [5.41, 5.74) is 0. The third kappa shape index (κ3) is 1.17. The molecule has 12 heavy (non-hydrogen) atoms. The van der Waals surface area contributed by atoms with E-state index in [1.807, 2.05) is 6.07 Å². The summed E-state index contributed by atoms with van der Waals surface area (Å²) < 4.78 is 5.40. The van der Waals surface area contributed by atoms with Gasteiger partial charge in [-0.15, -0.1) is 0 Å². The Morgan fingerprint density at radius 1 is 1.50 bits per heavy atom. The van der Waals surface area contributed by atoms with Crippen LogP contribution in [0.4, 0.5) is 0 Å². The van der Waals surface area contributed by atoms with Crippen LogP contribution in [0.15, 0.2) is 16.5 Å². The van der Waals surface area contributed by atoms with Crippen LogP contribution in [0.25, 0.3) is 0 Å². The summed E-state index contributed by atoms with van der Waals surface area (Å²) in [5.74, 6) is 2.09. The first-order chi connectivity index (χ1) is 5.77. The van der Waals surface area contributed by atoms with Gasteiger partial charge in [-0.05, 0) is 25.0 Å². The first-order valence-corrected chi connectivity index (χ1v) is 4.38. The van der Waals surface area contributed by atoms with Gasteiger partial charge in [-0.1, -0.05) is 6.42 Å². The smallest absolute Gasteiger partial charge is 0.194 e. The van der Waals surface area contributed by atoms with Crippen LogP contribution in [-0.4, -0.2) is 5.78 Å². The first-order valence-electron chi connectivity index (χ1n) is 4.38. The Labute approximate surface area is 71.6 Å². The van der Waals surface area contributed by atoms with Gasteiger partial charge in [-0.2, -0.15) is 0 Å². The molecule has 0 spiro atoms. The maximum Gasteiger partial charge on any atom is 0.194 e. The molecule has 2 nitrogen and oxygen atoms in total. The lowest BCUT2D eigenvalue weighted by Crippen LogP contribution is -2.07. The molecule has 0 aromatic carbocycles. The molecule has 1 saturated carbocycles. The van der Waals surface area contributed by atoms with Crippen molar-refractivity contribution in [3.05, 3.63) is 23.7 Å². The highest BCUT2D eigenvalue weighted by Gasteiger charge is 2.22. The quantitative estimate of drug-likeness (QED) is 0.629. The van der Waals surface area contributed by atoms with E-state index in [0.29, 0.717) is 11.7 Å². The molecular weight excluding hydrogens is 152 g/mol. The summed E-state index contributed by atoms with van der Waals surface area (Å²) in [5, 5.41) is 0. The maximum absolute atomic E-state index is 10.9. The van der Waals surface area contributed by atoms with Gasteiger partial charge >= 0.3 is 0 Å². The van der Waals surface area contributed by atoms with Crippen molar-refractivity contribution in [2.24, 2.45) is 0 Å². The molecule has 0 aliphatic heterocycles. The zero-order valence-electron chi connectivity index (χ0n) is 7.17. The van der Waals surface area contributed by atoms with Crippen molar-refractivity contribution in [2.45, 2.75) is 32.1 Å². The van der Waals surface area contributed by atoms with Crippen LogP contribution in [0.3, 0.4) is 0 Å². The minimum absolute atomic E-state index is 0.0144. The standard InChI is InChI=1S/C10H12O2/c1-7(11)9-5-6-10(12-9)8-3-2-4-8/h5-6,8H,2-4H2,1H3. The lowest BCUT2D eigenvalue weighted by Gasteiger charge is -2.22. The van der Waals surface area contributed by atoms with E-state index in [-0.39, 0.29) is 5.78 Å². The van der Waals surface area contributed by atoms with Crippen molar-refractivity contribution in [3.63, 3.8) is 0 Å². The van der Waals surface area contributed by atoms with Crippen LogP contribution >= 0.6 is 0 Å². The monoisotopic (exact) mass is 164 g/mol. The molecule has 0 bridgehead atoms. The summed E-state index contributed by atoms with van der Waals surface area (Å²) >= 11 is 0. The van der Waals surface area contributed by atoms with E-state index < -0.39 is 0 Å². The van der Waals surface area contributed by atoms with Gasteiger partial charge < -0.3 is 4.42 Å². The van der Waals surface area contributed by atoms with E-state index in [1.165, 1.54) is 26.2 Å². The number of rotatable bonds is 2. The Balaban J connectivity index is 2.17. The van der Waals surface area contributed by atoms with Gasteiger partial charge in [0.2, 0.25) is 0 Å². The fourth-order valence-electron chi connectivity index (χ4n) is 1.45. The summed E-state index contributed by atoms with van der Waals surface area (Å²) in [7, 11) is 0. The lowest BCUT2D eigenvalue weighted by atomic mass is 9.84. The van der Waals surface area contributed by atoms with Crippen LogP contribution in [0.1, 0.15) is 48.4 Å². The van der Waals surface area contributed by atoms with Gasteiger partial charge in [-0.25, -0.2) is 0 Å². The van der Waals surface area contributed by atoms with Crippen LogP contribution in [-0.2, 0) is 0 Å². The second kappa shape index (κ2) is 2.77. The largest absolute Gasteiger partial charge is 0.458 e. The molecule has 0 radical (unpaired) electrons. The summed E-state index contributed by atoms with van der Waals surface area (Å²) in [6.45, 7) is 1.53. The summed E-state index contributed by atoms with van der Waals surface area (Å²) in [6, 6.07) is 3.70. The molecule has 0 N–H and O–H groups in total. The normalized spacial score (nSPS) is 17.4. The molecule has 1 aliphatic carbocycles. The van der Waals surface area contributed by atoms with Crippen molar-refractivity contribution in [1.29, 1.82) is 0 Å². The number of Topliss-reactive ketones (excluding diaryl/α,β-unsaturated/α-hetero) is 1. The third-order valence-corrected chi connectivity index (χ3v) is 2.48. The lowest BCUT2D eigenvalue weighted by molar-refractivity contribution is 0.0983. The molecule has 0 unspecified atom stereocenters. The van der Waals surface area contributed by atoms with Gasteiger partial charge in [0.1, 0.15) is 5.76 Å². The van der Waals surface area contributed by atoms with E-state index in [4.69, 9.17) is 4.42 Å². The second-order valence-corrected chi connectivity index (χ2v) is 3.39. The van der Waals surface area contributed by atoms with Crippen molar-refractivity contribution < 1.29 is 9.21 Å². The minimum atomic E-state index is 0.0144. The number of carbonyl (C=O) groups excluding carboxylic acids is 1. The first kappa shape index (κ1) is 7.59. The number of hydrogen-bond acceptors (Lipinski definition) is 2. The van der Waals surface area contributed by atoms with Gasteiger partial charge in [0.25, 0.3) is 0 Å². The van der Waals surface area contributed by atoms with Gasteiger partial charge in [-0.3, -0.25) is 4.79 Å². The second-order valence-electron chi connectivity index (χ2n) is 3.39.